The summed E-state index contributed by atoms with van der Waals surface area (Å²) in [6.45, 7) is 9.01. The lowest BCUT2D eigenvalue weighted by molar-refractivity contribution is 0.262. The van der Waals surface area contributed by atoms with Crippen LogP contribution in [0.15, 0.2) is 23.7 Å². The molecule has 0 amide bonds. The Morgan fingerprint density at radius 1 is 1.20 bits per heavy atom. The average Bonchev–Trinajstić information content (AvgIpc) is 2.17. The first-order chi connectivity index (χ1) is 6.95. The van der Waals surface area contributed by atoms with Crippen LogP contribution in [0, 0.1) is 0 Å². The summed E-state index contributed by atoms with van der Waals surface area (Å²) in [5.41, 5.74) is 0.635. The van der Waals surface area contributed by atoms with Gasteiger partial charge in [0, 0.05) is 0 Å². The van der Waals surface area contributed by atoms with E-state index in [4.69, 9.17) is 9.16 Å². The molecule has 0 saturated carbocycles. The molecule has 15 heavy (non-hydrogen) atoms. The van der Waals surface area contributed by atoms with Crippen molar-refractivity contribution in [1.29, 1.82) is 0 Å². The van der Waals surface area contributed by atoms with Crippen molar-refractivity contribution in [1.82, 2.24) is 0 Å². The van der Waals surface area contributed by atoms with Crippen LogP contribution in [-0.2, 0) is 9.16 Å². The molecule has 0 atom stereocenters. The van der Waals surface area contributed by atoms with Crippen LogP contribution < -0.4 is 0 Å². The third-order valence-electron chi connectivity index (χ3n) is 3.09. The maximum absolute atomic E-state index is 6.15. The van der Waals surface area contributed by atoms with E-state index in [1.165, 1.54) is 0 Å². The van der Waals surface area contributed by atoms with Crippen LogP contribution in [0.5, 0.6) is 0 Å². The highest BCUT2D eigenvalue weighted by molar-refractivity contribution is 6.72. The quantitative estimate of drug-likeness (QED) is 0.678. The van der Waals surface area contributed by atoms with Crippen molar-refractivity contribution in [3.63, 3.8) is 0 Å². The highest BCUT2D eigenvalue weighted by Gasteiger charge is 2.30. The van der Waals surface area contributed by atoms with Crippen LogP contribution in [0.25, 0.3) is 0 Å². The third-order valence-corrected chi connectivity index (χ3v) is 6.66. The van der Waals surface area contributed by atoms with Gasteiger partial charge in [-0.05, 0) is 37.2 Å². The summed E-state index contributed by atoms with van der Waals surface area (Å²) in [6.07, 6.45) is 6.02. The zero-order chi connectivity index (χ0) is 11.5. The van der Waals surface area contributed by atoms with Gasteiger partial charge in [-0.2, -0.15) is 0 Å². The van der Waals surface area contributed by atoms with E-state index in [0.717, 1.165) is 24.4 Å². The number of hydrogen-bond acceptors (Lipinski definition) is 2. The smallest absolute Gasteiger partial charge is 0.247 e. The zero-order valence-corrected chi connectivity index (χ0v) is 11.5. The highest BCUT2D eigenvalue weighted by atomic mass is 28.4. The minimum atomic E-state index is -1.56. The van der Waals surface area contributed by atoms with Crippen LogP contribution in [-0.4, -0.2) is 15.4 Å². The fourth-order valence-electron chi connectivity index (χ4n) is 1.33. The molecule has 1 aliphatic rings. The summed E-state index contributed by atoms with van der Waals surface area (Å²) < 4.78 is 11.4. The standard InChI is InChI=1S/C12H22O2Si/c1-10(2)15(4,5)14-12-8-6-7-11(9-12)13-3/h7-8,10H,6,9H2,1-5H3. The minimum Gasteiger partial charge on any atom is -0.547 e. The van der Waals surface area contributed by atoms with E-state index in [1.54, 1.807) is 7.11 Å². The lowest BCUT2D eigenvalue weighted by Gasteiger charge is -2.30. The minimum absolute atomic E-state index is 0.635. The Kier molecular flexibility index (Phi) is 4.02. The van der Waals surface area contributed by atoms with Crippen molar-refractivity contribution in [2.45, 2.75) is 45.3 Å². The van der Waals surface area contributed by atoms with Crippen LogP contribution in [0.2, 0.25) is 18.6 Å². The van der Waals surface area contributed by atoms with E-state index in [0.29, 0.717) is 5.54 Å². The van der Waals surface area contributed by atoms with Crippen molar-refractivity contribution in [3.05, 3.63) is 23.7 Å². The third kappa shape index (κ3) is 3.41. The topological polar surface area (TPSA) is 18.5 Å². The van der Waals surface area contributed by atoms with E-state index in [2.05, 4.69) is 39.1 Å². The fourth-order valence-corrected chi connectivity index (χ4v) is 2.39. The zero-order valence-electron chi connectivity index (χ0n) is 10.5. The molecule has 2 nitrogen and oxygen atoms in total. The molecule has 0 spiro atoms. The molecule has 86 valence electrons. The van der Waals surface area contributed by atoms with Crippen molar-refractivity contribution in [3.8, 4) is 0 Å². The summed E-state index contributed by atoms with van der Waals surface area (Å²) in [5.74, 6) is 2.13. The predicted molar refractivity (Wildman–Crippen MR) is 66.1 cm³/mol. The molecule has 0 heterocycles. The normalized spacial score (nSPS) is 17.2. The van der Waals surface area contributed by atoms with Gasteiger partial charge in [-0.25, -0.2) is 0 Å². The Hall–Kier alpha value is -0.703. The van der Waals surface area contributed by atoms with Crippen LogP contribution in [0.1, 0.15) is 26.7 Å². The Balaban J connectivity index is 2.57. The maximum Gasteiger partial charge on any atom is 0.247 e. The monoisotopic (exact) mass is 226 g/mol. The van der Waals surface area contributed by atoms with E-state index < -0.39 is 8.32 Å². The predicted octanol–water partition coefficient (Wildman–Crippen LogP) is 3.83. The SMILES string of the molecule is COC1=CCC=C(O[Si](C)(C)C(C)C)C1. The lowest BCUT2D eigenvalue weighted by Crippen LogP contribution is -2.33. The molecule has 0 fully saturated rings. The number of hydrogen-bond donors (Lipinski definition) is 0. The number of allylic oxidation sites excluding steroid dienone is 2. The summed E-state index contributed by atoms with van der Waals surface area (Å²) in [5, 5.41) is 0. The van der Waals surface area contributed by atoms with Gasteiger partial charge in [-0.15, -0.1) is 0 Å². The van der Waals surface area contributed by atoms with Gasteiger partial charge < -0.3 is 9.16 Å². The molecule has 0 radical (unpaired) electrons. The molecular formula is C12H22O2Si. The van der Waals surface area contributed by atoms with Gasteiger partial charge in [0.2, 0.25) is 8.32 Å². The fraction of sp³-hybridized carbons (Fsp3) is 0.667. The summed E-state index contributed by atoms with van der Waals surface area (Å²) in [4.78, 5) is 0. The second kappa shape index (κ2) is 4.88. The maximum atomic E-state index is 6.15. The number of rotatable bonds is 4. The second-order valence-electron chi connectivity index (χ2n) is 4.82. The van der Waals surface area contributed by atoms with Gasteiger partial charge in [0.15, 0.2) is 0 Å². The largest absolute Gasteiger partial charge is 0.547 e. The van der Waals surface area contributed by atoms with Crippen molar-refractivity contribution >= 4 is 8.32 Å². The van der Waals surface area contributed by atoms with Crippen molar-refractivity contribution in [2.75, 3.05) is 7.11 Å². The Morgan fingerprint density at radius 3 is 2.33 bits per heavy atom. The molecule has 3 heteroatoms. The Labute approximate surface area is 94.1 Å². The molecule has 1 aliphatic carbocycles. The molecule has 0 N–H and O–H groups in total. The number of methoxy groups -OCH3 is 1. The number of ether oxygens (including phenoxy) is 1. The molecule has 0 unspecified atom stereocenters. The van der Waals surface area contributed by atoms with Gasteiger partial charge in [0.05, 0.1) is 25.0 Å². The van der Waals surface area contributed by atoms with Crippen LogP contribution in [0.4, 0.5) is 0 Å². The molecule has 1 rings (SSSR count). The van der Waals surface area contributed by atoms with Gasteiger partial charge in [-0.1, -0.05) is 13.8 Å². The molecule has 0 aromatic heterocycles. The summed E-state index contributed by atoms with van der Waals surface area (Å²) in [6, 6.07) is 0. The molecule has 0 saturated heterocycles. The summed E-state index contributed by atoms with van der Waals surface area (Å²) in [7, 11) is 0.161. The average molecular weight is 226 g/mol. The Morgan fingerprint density at radius 2 is 1.80 bits per heavy atom. The lowest BCUT2D eigenvalue weighted by atomic mass is 10.1. The highest BCUT2D eigenvalue weighted by Crippen LogP contribution is 2.28. The first-order valence-electron chi connectivity index (χ1n) is 5.56. The summed E-state index contributed by atoms with van der Waals surface area (Å²) >= 11 is 0. The van der Waals surface area contributed by atoms with Crippen LogP contribution in [0.3, 0.4) is 0 Å². The van der Waals surface area contributed by atoms with E-state index >= 15 is 0 Å². The first kappa shape index (κ1) is 12.4. The van der Waals surface area contributed by atoms with E-state index in [1.807, 2.05) is 0 Å². The van der Waals surface area contributed by atoms with Gasteiger partial charge >= 0.3 is 0 Å². The van der Waals surface area contributed by atoms with Gasteiger partial charge in [0.25, 0.3) is 0 Å². The molecule has 0 aliphatic heterocycles. The molecule has 0 aromatic rings. The molecule has 0 bridgehead atoms. The van der Waals surface area contributed by atoms with Crippen molar-refractivity contribution in [2.24, 2.45) is 0 Å². The van der Waals surface area contributed by atoms with Gasteiger partial charge in [0.1, 0.15) is 0 Å². The second-order valence-corrected chi connectivity index (χ2v) is 9.38. The van der Waals surface area contributed by atoms with E-state index in [9.17, 15) is 0 Å². The van der Waals surface area contributed by atoms with Crippen molar-refractivity contribution < 1.29 is 9.16 Å². The molecular weight excluding hydrogens is 204 g/mol. The molecule has 0 aromatic carbocycles. The van der Waals surface area contributed by atoms with Crippen LogP contribution >= 0.6 is 0 Å². The Bertz CT molecular complexity index is 277. The van der Waals surface area contributed by atoms with Gasteiger partial charge in [-0.3, -0.25) is 0 Å². The van der Waals surface area contributed by atoms with E-state index in [-0.39, 0.29) is 0 Å². The first-order valence-corrected chi connectivity index (χ1v) is 8.55.